The van der Waals surface area contributed by atoms with Crippen LogP contribution in [0.25, 0.3) is 0 Å². The van der Waals surface area contributed by atoms with Crippen molar-refractivity contribution < 1.29 is 9.59 Å². The molecule has 4 nitrogen and oxygen atoms in total. The second-order valence-corrected chi connectivity index (χ2v) is 8.91. The Morgan fingerprint density at radius 2 is 1.59 bits per heavy atom. The van der Waals surface area contributed by atoms with E-state index in [-0.39, 0.29) is 23.0 Å². The molecule has 0 amide bonds. The monoisotopic (exact) mass is 362 g/mol. The largest absolute Gasteiger partial charge is 0.398 e. The van der Waals surface area contributed by atoms with Crippen LogP contribution in [0.1, 0.15) is 71.9 Å². The van der Waals surface area contributed by atoms with Gasteiger partial charge in [-0.2, -0.15) is 0 Å². The maximum absolute atomic E-state index is 13.2. The Morgan fingerprint density at radius 1 is 0.963 bits per heavy atom. The molecule has 0 radical (unpaired) electrons. The molecule has 4 rings (SSSR count). The lowest BCUT2D eigenvalue weighted by Gasteiger charge is -2.40. The number of rotatable bonds is 2. The second kappa shape index (κ2) is 6.22. The number of hydrogen-bond donors (Lipinski definition) is 2. The minimum atomic E-state index is -0.168. The maximum atomic E-state index is 13.2. The van der Waals surface area contributed by atoms with Gasteiger partial charge in [-0.15, -0.1) is 0 Å². The molecule has 0 aromatic heterocycles. The topological polar surface area (TPSA) is 72.2 Å². The minimum absolute atomic E-state index is 0.127. The van der Waals surface area contributed by atoms with Crippen molar-refractivity contribution in [1.82, 2.24) is 0 Å². The summed E-state index contributed by atoms with van der Waals surface area (Å²) in [6, 6.07) is 10.8. The van der Waals surface area contributed by atoms with E-state index in [1.807, 2.05) is 6.07 Å². The number of ketones is 2. The zero-order chi connectivity index (χ0) is 19.3. The lowest BCUT2D eigenvalue weighted by molar-refractivity contribution is 0.0980. The van der Waals surface area contributed by atoms with Crippen LogP contribution in [0.5, 0.6) is 0 Å². The number of benzene rings is 2. The van der Waals surface area contributed by atoms with Gasteiger partial charge in [-0.1, -0.05) is 45.0 Å². The Bertz CT molecular complexity index is 945. The van der Waals surface area contributed by atoms with Gasteiger partial charge in [0.1, 0.15) is 0 Å². The average Bonchev–Trinajstić information content (AvgIpc) is 2.59. The van der Waals surface area contributed by atoms with Gasteiger partial charge >= 0.3 is 0 Å². The molecule has 140 valence electrons. The SMILES string of the molecule is CC1CC(Nc2ccc(N)c3c2C(=O)c2ccccc2C3=O)CC(C)(C)C1. The van der Waals surface area contributed by atoms with Crippen molar-refractivity contribution in [3.05, 3.63) is 58.7 Å². The van der Waals surface area contributed by atoms with Gasteiger partial charge in [-0.25, -0.2) is 0 Å². The summed E-state index contributed by atoms with van der Waals surface area (Å²) in [5.74, 6) is 0.325. The van der Waals surface area contributed by atoms with E-state index in [2.05, 4.69) is 26.1 Å². The van der Waals surface area contributed by atoms with Crippen LogP contribution in [-0.2, 0) is 0 Å². The molecule has 2 aromatic carbocycles. The Balaban J connectivity index is 1.77. The summed E-state index contributed by atoms with van der Waals surface area (Å²) in [7, 11) is 0. The van der Waals surface area contributed by atoms with Crippen LogP contribution >= 0.6 is 0 Å². The van der Waals surface area contributed by atoms with E-state index in [1.54, 1.807) is 30.3 Å². The van der Waals surface area contributed by atoms with Crippen LogP contribution in [0.15, 0.2) is 36.4 Å². The van der Waals surface area contributed by atoms with Crippen molar-refractivity contribution in [2.45, 2.75) is 46.1 Å². The van der Waals surface area contributed by atoms with Gasteiger partial charge in [-0.05, 0) is 42.7 Å². The van der Waals surface area contributed by atoms with E-state index >= 15 is 0 Å². The fourth-order valence-corrected chi connectivity index (χ4v) is 5.04. The van der Waals surface area contributed by atoms with E-state index in [4.69, 9.17) is 5.73 Å². The molecule has 1 saturated carbocycles. The third kappa shape index (κ3) is 3.03. The number of nitrogens with two attached hydrogens (primary N) is 1. The third-order valence-electron chi connectivity index (χ3n) is 5.85. The molecule has 27 heavy (non-hydrogen) atoms. The summed E-state index contributed by atoms with van der Waals surface area (Å²) in [6.45, 7) is 6.86. The zero-order valence-corrected chi connectivity index (χ0v) is 16.1. The van der Waals surface area contributed by atoms with Gasteiger partial charge < -0.3 is 11.1 Å². The standard InChI is InChI=1S/C23H26N2O2/c1-13-10-14(12-23(2,3)11-13)25-18-9-8-17(24)19-20(18)22(27)16-7-5-4-6-15(16)21(19)26/h4-9,13-14,25H,10-12,24H2,1-3H3. The van der Waals surface area contributed by atoms with Crippen molar-refractivity contribution in [1.29, 1.82) is 0 Å². The molecule has 4 heteroatoms. The number of hydrogen-bond acceptors (Lipinski definition) is 4. The predicted molar refractivity (Wildman–Crippen MR) is 108 cm³/mol. The summed E-state index contributed by atoms with van der Waals surface area (Å²) >= 11 is 0. The number of fused-ring (bicyclic) bond motifs is 2. The lowest BCUT2D eigenvalue weighted by Crippen LogP contribution is -2.36. The quantitative estimate of drug-likeness (QED) is 0.650. The van der Waals surface area contributed by atoms with Gasteiger partial charge in [0.2, 0.25) is 0 Å². The molecule has 2 aliphatic carbocycles. The summed E-state index contributed by atoms with van der Waals surface area (Å²) in [6.07, 6.45) is 3.30. The molecule has 2 unspecified atom stereocenters. The minimum Gasteiger partial charge on any atom is -0.398 e. The summed E-state index contributed by atoms with van der Waals surface area (Å²) < 4.78 is 0. The first-order chi connectivity index (χ1) is 12.8. The van der Waals surface area contributed by atoms with Crippen LogP contribution in [0.2, 0.25) is 0 Å². The first-order valence-electron chi connectivity index (χ1n) is 9.64. The van der Waals surface area contributed by atoms with Crippen LogP contribution in [-0.4, -0.2) is 17.6 Å². The average molecular weight is 362 g/mol. The van der Waals surface area contributed by atoms with E-state index in [1.165, 1.54) is 6.42 Å². The molecule has 2 aromatic rings. The number of nitrogen functional groups attached to an aromatic ring is 1. The van der Waals surface area contributed by atoms with E-state index in [9.17, 15) is 9.59 Å². The van der Waals surface area contributed by atoms with Crippen molar-refractivity contribution >= 4 is 22.9 Å². The molecule has 0 bridgehead atoms. The van der Waals surface area contributed by atoms with Gasteiger partial charge in [-0.3, -0.25) is 9.59 Å². The molecule has 0 aliphatic heterocycles. The highest BCUT2D eigenvalue weighted by Gasteiger charge is 2.36. The van der Waals surface area contributed by atoms with Crippen LogP contribution in [0, 0.1) is 11.3 Å². The molecular weight excluding hydrogens is 336 g/mol. The first-order valence-corrected chi connectivity index (χ1v) is 9.64. The molecule has 2 aliphatic rings. The third-order valence-corrected chi connectivity index (χ3v) is 5.85. The zero-order valence-electron chi connectivity index (χ0n) is 16.1. The molecular formula is C23H26N2O2. The van der Waals surface area contributed by atoms with Crippen molar-refractivity contribution in [2.24, 2.45) is 11.3 Å². The molecule has 0 saturated heterocycles. The Labute approximate surface area is 160 Å². The van der Waals surface area contributed by atoms with Crippen molar-refractivity contribution in [2.75, 3.05) is 11.1 Å². The van der Waals surface area contributed by atoms with E-state index in [0.29, 0.717) is 33.9 Å². The van der Waals surface area contributed by atoms with Gasteiger partial charge in [0.25, 0.3) is 0 Å². The lowest BCUT2D eigenvalue weighted by atomic mass is 9.70. The highest BCUT2D eigenvalue weighted by Crippen LogP contribution is 2.41. The highest BCUT2D eigenvalue weighted by molar-refractivity contribution is 6.31. The number of anilines is 2. The highest BCUT2D eigenvalue weighted by atomic mass is 16.1. The fraction of sp³-hybridized carbons (Fsp3) is 0.391. The maximum Gasteiger partial charge on any atom is 0.196 e. The number of nitrogens with one attached hydrogen (secondary N) is 1. The first kappa shape index (κ1) is 17.8. The Hall–Kier alpha value is -2.62. The molecule has 0 spiro atoms. The van der Waals surface area contributed by atoms with Gasteiger partial charge in [0.05, 0.1) is 11.1 Å². The Kier molecular flexibility index (Phi) is 4.10. The smallest absolute Gasteiger partial charge is 0.196 e. The van der Waals surface area contributed by atoms with Crippen molar-refractivity contribution in [3.63, 3.8) is 0 Å². The van der Waals surface area contributed by atoms with Gasteiger partial charge in [0, 0.05) is 28.5 Å². The summed E-state index contributed by atoms with van der Waals surface area (Å²) in [5, 5.41) is 3.58. The van der Waals surface area contributed by atoms with E-state index in [0.717, 1.165) is 18.5 Å². The molecule has 1 fully saturated rings. The predicted octanol–water partition coefficient (Wildman–Crippen LogP) is 4.67. The van der Waals surface area contributed by atoms with Crippen LogP contribution in [0.4, 0.5) is 11.4 Å². The molecule has 0 heterocycles. The van der Waals surface area contributed by atoms with Crippen molar-refractivity contribution in [3.8, 4) is 0 Å². The van der Waals surface area contributed by atoms with Crippen LogP contribution < -0.4 is 11.1 Å². The summed E-state index contributed by atoms with van der Waals surface area (Å²) in [4.78, 5) is 26.2. The number of carbonyl (C=O) groups excluding carboxylic acids is 2. The second-order valence-electron chi connectivity index (χ2n) is 8.91. The van der Waals surface area contributed by atoms with Gasteiger partial charge in [0.15, 0.2) is 11.6 Å². The number of carbonyl (C=O) groups is 2. The Morgan fingerprint density at radius 3 is 2.22 bits per heavy atom. The van der Waals surface area contributed by atoms with E-state index < -0.39 is 0 Å². The normalized spacial score (nSPS) is 23.5. The fourth-order valence-electron chi connectivity index (χ4n) is 5.04. The molecule has 2 atom stereocenters. The van der Waals surface area contributed by atoms with Crippen LogP contribution in [0.3, 0.4) is 0 Å². The molecule has 3 N–H and O–H groups in total. The summed E-state index contributed by atoms with van der Waals surface area (Å²) in [5.41, 5.74) is 9.12.